The molecule has 6 heteroatoms. The fourth-order valence-corrected chi connectivity index (χ4v) is 2.11. The van der Waals surface area contributed by atoms with Crippen molar-refractivity contribution in [2.75, 3.05) is 13.7 Å². The van der Waals surface area contributed by atoms with E-state index in [0.717, 1.165) is 22.8 Å². The summed E-state index contributed by atoms with van der Waals surface area (Å²) >= 11 is 6.06. The van der Waals surface area contributed by atoms with Crippen molar-refractivity contribution in [3.63, 3.8) is 0 Å². The number of benzene rings is 1. The molecule has 0 radical (unpaired) electrons. The SMILES string of the molecule is COCCn1c(CN)nnc1-c1cc(Cl)ccc1C. The van der Waals surface area contributed by atoms with Gasteiger partial charge in [0.25, 0.3) is 0 Å². The molecule has 0 saturated carbocycles. The van der Waals surface area contributed by atoms with Gasteiger partial charge in [0.2, 0.25) is 0 Å². The minimum atomic E-state index is 0.344. The van der Waals surface area contributed by atoms with Gasteiger partial charge >= 0.3 is 0 Å². The molecule has 2 aromatic rings. The predicted molar refractivity (Wildman–Crippen MR) is 75.0 cm³/mol. The second kappa shape index (κ2) is 6.14. The van der Waals surface area contributed by atoms with E-state index in [9.17, 15) is 0 Å². The third kappa shape index (κ3) is 2.94. The first-order valence-electron chi connectivity index (χ1n) is 6.05. The molecule has 19 heavy (non-hydrogen) atoms. The molecule has 0 spiro atoms. The minimum Gasteiger partial charge on any atom is -0.383 e. The van der Waals surface area contributed by atoms with E-state index in [-0.39, 0.29) is 0 Å². The molecule has 0 fully saturated rings. The van der Waals surface area contributed by atoms with Gasteiger partial charge in [-0.15, -0.1) is 10.2 Å². The maximum Gasteiger partial charge on any atom is 0.164 e. The molecule has 0 atom stereocenters. The topological polar surface area (TPSA) is 66.0 Å². The summed E-state index contributed by atoms with van der Waals surface area (Å²) in [6, 6.07) is 5.72. The quantitative estimate of drug-likeness (QED) is 0.910. The number of hydrogen-bond donors (Lipinski definition) is 1. The number of rotatable bonds is 5. The highest BCUT2D eigenvalue weighted by Gasteiger charge is 2.14. The Bertz CT molecular complexity index is 568. The third-order valence-electron chi connectivity index (χ3n) is 2.97. The summed E-state index contributed by atoms with van der Waals surface area (Å²) in [6.45, 7) is 3.61. The molecule has 1 aromatic heterocycles. The van der Waals surface area contributed by atoms with Crippen LogP contribution in [-0.4, -0.2) is 28.5 Å². The first-order valence-corrected chi connectivity index (χ1v) is 6.42. The van der Waals surface area contributed by atoms with Crippen molar-refractivity contribution in [2.45, 2.75) is 20.0 Å². The van der Waals surface area contributed by atoms with Gasteiger partial charge in [0.1, 0.15) is 5.82 Å². The van der Waals surface area contributed by atoms with Crippen molar-refractivity contribution in [3.8, 4) is 11.4 Å². The van der Waals surface area contributed by atoms with Crippen molar-refractivity contribution in [2.24, 2.45) is 5.73 Å². The van der Waals surface area contributed by atoms with Crippen LogP contribution in [-0.2, 0) is 17.8 Å². The van der Waals surface area contributed by atoms with Crippen LogP contribution in [0.25, 0.3) is 11.4 Å². The van der Waals surface area contributed by atoms with Gasteiger partial charge < -0.3 is 15.0 Å². The zero-order valence-electron chi connectivity index (χ0n) is 11.1. The number of halogens is 1. The molecular weight excluding hydrogens is 264 g/mol. The Labute approximate surface area is 117 Å². The van der Waals surface area contributed by atoms with Crippen molar-refractivity contribution in [1.82, 2.24) is 14.8 Å². The van der Waals surface area contributed by atoms with Gasteiger partial charge in [0, 0.05) is 24.2 Å². The van der Waals surface area contributed by atoms with Gasteiger partial charge in [-0.3, -0.25) is 0 Å². The molecule has 0 unspecified atom stereocenters. The van der Waals surface area contributed by atoms with Crippen molar-refractivity contribution < 1.29 is 4.74 Å². The smallest absolute Gasteiger partial charge is 0.164 e. The van der Waals surface area contributed by atoms with E-state index in [0.29, 0.717) is 24.7 Å². The van der Waals surface area contributed by atoms with Gasteiger partial charge in [-0.1, -0.05) is 17.7 Å². The summed E-state index contributed by atoms with van der Waals surface area (Å²) in [6.07, 6.45) is 0. The third-order valence-corrected chi connectivity index (χ3v) is 3.20. The molecule has 2 N–H and O–H groups in total. The van der Waals surface area contributed by atoms with E-state index in [4.69, 9.17) is 22.1 Å². The Morgan fingerprint density at radius 2 is 2.16 bits per heavy atom. The van der Waals surface area contributed by atoms with E-state index in [2.05, 4.69) is 10.2 Å². The summed E-state index contributed by atoms with van der Waals surface area (Å²) in [7, 11) is 1.66. The minimum absolute atomic E-state index is 0.344. The molecule has 0 amide bonds. The van der Waals surface area contributed by atoms with Gasteiger partial charge in [-0.05, 0) is 24.6 Å². The van der Waals surface area contributed by atoms with Crippen LogP contribution in [0.4, 0.5) is 0 Å². The van der Waals surface area contributed by atoms with E-state index < -0.39 is 0 Å². The normalized spacial score (nSPS) is 10.9. The molecule has 0 bridgehead atoms. The van der Waals surface area contributed by atoms with E-state index >= 15 is 0 Å². The van der Waals surface area contributed by atoms with Crippen molar-refractivity contribution in [3.05, 3.63) is 34.6 Å². The zero-order chi connectivity index (χ0) is 13.8. The van der Waals surface area contributed by atoms with Gasteiger partial charge in [0.15, 0.2) is 5.82 Å². The maximum absolute atomic E-state index is 6.06. The fraction of sp³-hybridized carbons (Fsp3) is 0.385. The Kier molecular flexibility index (Phi) is 4.52. The summed E-state index contributed by atoms with van der Waals surface area (Å²) in [5, 5.41) is 9.03. The van der Waals surface area contributed by atoms with Crippen LogP contribution >= 0.6 is 11.6 Å². The van der Waals surface area contributed by atoms with Crippen LogP contribution in [0.1, 0.15) is 11.4 Å². The highest BCUT2D eigenvalue weighted by atomic mass is 35.5. The predicted octanol–water partition coefficient (Wildman–Crippen LogP) is 2.01. The Balaban J connectivity index is 2.49. The largest absolute Gasteiger partial charge is 0.383 e. The fourth-order valence-electron chi connectivity index (χ4n) is 1.94. The number of methoxy groups -OCH3 is 1. The van der Waals surface area contributed by atoms with Crippen LogP contribution < -0.4 is 5.73 Å². The Morgan fingerprint density at radius 3 is 2.84 bits per heavy atom. The van der Waals surface area contributed by atoms with Gasteiger partial charge in [-0.2, -0.15) is 0 Å². The highest BCUT2D eigenvalue weighted by molar-refractivity contribution is 6.30. The standard InChI is InChI=1S/C13H17ClN4O/c1-9-3-4-10(14)7-11(9)13-17-16-12(8-15)18(13)5-6-19-2/h3-4,7H,5-6,8,15H2,1-2H3. The summed E-state index contributed by atoms with van der Waals surface area (Å²) in [5.74, 6) is 1.52. The lowest BCUT2D eigenvalue weighted by molar-refractivity contribution is 0.186. The highest BCUT2D eigenvalue weighted by Crippen LogP contribution is 2.25. The second-order valence-electron chi connectivity index (χ2n) is 4.25. The average molecular weight is 281 g/mol. The lowest BCUT2D eigenvalue weighted by atomic mass is 10.1. The molecule has 0 aliphatic heterocycles. The summed E-state index contributed by atoms with van der Waals surface area (Å²) < 4.78 is 7.09. The summed E-state index contributed by atoms with van der Waals surface area (Å²) in [5.41, 5.74) is 7.76. The lowest BCUT2D eigenvalue weighted by Crippen LogP contribution is -2.13. The molecule has 102 valence electrons. The van der Waals surface area contributed by atoms with E-state index in [1.54, 1.807) is 7.11 Å². The molecule has 0 saturated heterocycles. The Morgan fingerprint density at radius 1 is 1.37 bits per heavy atom. The number of nitrogens with two attached hydrogens (primary N) is 1. The van der Waals surface area contributed by atoms with Crippen molar-refractivity contribution >= 4 is 11.6 Å². The average Bonchev–Trinajstić information content (AvgIpc) is 2.81. The van der Waals surface area contributed by atoms with Crippen molar-refractivity contribution in [1.29, 1.82) is 0 Å². The molecule has 1 aromatic carbocycles. The first-order chi connectivity index (χ1) is 9.17. The molecule has 5 nitrogen and oxygen atoms in total. The van der Waals surface area contributed by atoms with Crippen LogP contribution in [0.2, 0.25) is 5.02 Å². The van der Waals surface area contributed by atoms with Crippen LogP contribution in [0.5, 0.6) is 0 Å². The molecule has 0 aliphatic carbocycles. The van der Waals surface area contributed by atoms with Crippen LogP contribution in [0.15, 0.2) is 18.2 Å². The number of aromatic nitrogens is 3. The molecular formula is C13H17ClN4O. The zero-order valence-corrected chi connectivity index (χ0v) is 11.8. The number of nitrogens with zero attached hydrogens (tertiary/aromatic N) is 3. The molecule has 0 aliphatic rings. The molecule has 1 heterocycles. The first kappa shape index (κ1) is 14.0. The summed E-state index contributed by atoms with van der Waals surface area (Å²) in [4.78, 5) is 0. The Hall–Kier alpha value is -1.43. The number of aryl methyl sites for hydroxylation is 1. The van der Waals surface area contributed by atoms with Gasteiger partial charge in [-0.25, -0.2) is 0 Å². The van der Waals surface area contributed by atoms with Crippen LogP contribution in [0, 0.1) is 6.92 Å². The van der Waals surface area contributed by atoms with Crippen LogP contribution in [0.3, 0.4) is 0 Å². The lowest BCUT2D eigenvalue weighted by Gasteiger charge is -2.11. The number of ether oxygens (including phenoxy) is 1. The van der Waals surface area contributed by atoms with Gasteiger partial charge in [0.05, 0.1) is 13.2 Å². The van der Waals surface area contributed by atoms with E-state index in [1.165, 1.54) is 0 Å². The monoisotopic (exact) mass is 280 g/mol. The maximum atomic E-state index is 6.06. The molecule has 2 rings (SSSR count). The second-order valence-corrected chi connectivity index (χ2v) is 4.68. The van der Waals surface area contributed by atoms with E-state index in [1.807, 2.05) is 29.7 Å². The number of hydrogen-bond acceptors (Lipinski definition) is 4.